The van der Waals surface area contributed by atoms with Crippen LogP contribution in [0.25, 0.3) is 32.8 Å². The smallest absolute Gasteiger partial charge is 0.228 e. The first kappa shape index (κ1) is 16.5. The first-order chi connectivity index (χ1) is 13.6. The number of aromatic nitrogens is 3. The monoisotopic (exact) mass is 370 g/mol. The van der Waals surface area contributed by atoms with E-state index in [9.17, 15) is 4.79 Å². The molecule has 0 aliphatic carbocycles. The third kappa shape index (κ3) is 2.62. The number of hydrogen-bond acceptors (Lipinski definition) is 4. The fourth-order valence-corrected chi connectivity index (χ4v) is 3.76. The van der Waals surface area contributed by atoms with Gasteiger partial charge in [0, 0.05) is 23.4 Å². The summed E-state index contributed by atoms with van der Waals surface area (Å²) in [7, 11) is 1.86. The van der Waals surface area contributed by atoms with Crippen LogP contribution in [0.1, 0.15) is 11.3 Å². The average Bonchev–Trinajstić information content (AvgIpc) is 3.22. The average molecular weight is 370 g/mol. The zero-order chi connectivity index (χ0) is 19.3. The molecule has 1 amide bonds. The van der Waals surface area contributed by atoms with Crippen molar-refractivity contribution in [2.24, 2.45) is 7.05 Å². The third-order valence-electron chi connectivity index (χ3n) is 5.04. The van der Waals surface area contributed by atoms with E-state index in [1.54, 1.807) is 17.1 Å². The minimum atomic E-state index is -0.113. The molecular weight excluding hydrogens is 352 g/mol. The largest absolute Gasteiger partial charge is 0.464 e. The molecule has 0 saturated heterocycles. The number of aryl methyl sites for hydroxylation is 2. The van der Waals surface area contributed by atoms with E-state index in [-0.39, 0.29) is 12.3 Å². The molecule has 0 fully saturated rings. The van der Waals surface area contributed by atoms with Gasteiger partial charge in [-0.2, -0.15) is 5.10 Å². The summed E-state index contributed by atoms with van der Waals surface area (Å²) in [6.45, 7) is 1.93. The van der Waals surface area contributed by atoms with Gasteiger partial charge >= 0.3 is 0 Å². The number of fused-ring (bicyclic) bond motifs is 4. The Morgan fingerprint density at radius 1 is 1.18 bits per heavy atom. The van der Waals surface area contributed by atoms with Gasteiger partial charge in [-0.05, 0) is 29.8 Å². The van der Waals surface area contributed by atoms with E-state index in [2.05, 4.69) is 27.5 Å². The van der Waals surface area contributed by atoms with Gasteiger partial charge in [-0.1, -0.05) is 30.3 Å². The van der Waals surface area contributed by atoms with Crippen LogP contribution in [0.4, 0.5) is 5.69 Å². The molecule has 6 nitrogen and oxygen atoms in total. The van der Waals surface area contributed by atoms with Crippen LogP contribution in [0.15, 0.2) is 59.3 Å². The quantitative estimate of drug-likeness (QED) is 0.512. The number of carbonyl (C=O) groups excluding carboxylic acids is 1. The molecule has 1 N–H and O–H groups in total. The molecule has 0 bridgehead atoms. The summed E-state index contributed by atoms with van der Waals surface area (Å²) in [5, 5.41) is 11.4. The zero-order valence-electron chi connectivity index (χ0n) is 15.6. The van der Waals surface area contributed by atoms with Crippen LogP contribution >= 0.6 is 0 Å². The van der Waals surface area contributed by atoms with E-state index in [0.717, 1.165) is 44.0 Å². The van der Waals surface area contributed by atoms with Crippen molar-refractivity contribution in [3.63, 3.8) is 0 Å². The fraction of sp³-hybridized carbons (Fsp3) is 0.136. The Labute approximate surface area is 160 Å². The molecule has 0 unspecified atom stereocenters. The highest BCUT2D eigenvalue weighted by Gasteiger charge is 2.14. The minimum absolute atomic E-state index is 0.113. The second-order valence-corrected chi connectivity index (χ2v) is 6.95. The van der Waals surface area contributed by atoms with Gasteiger partial charge in [0.25, 0.3) is 0 Å². The maximum absolute atomic E-state index is 12.7. The van der Waals surface area contributed by atoms with Crippen molar-refractivity contribution in [1.82, 2.24) is 14.8 Å². The lowest BCUT2D eigenvalue weighted by molar-refractivity contribution is -0.115. The van der Waals surface area contributed by atoms with E-state index in [0.29, 0.717) is 5.69 Å². The van der Waals surface area contributed by atoms with Crippen molar-refractivity contribution < 1.29 is 9.21 Å². The molecule has 6 heteroatoms. The first-order valence-electron chi connectivity index (χ1n) is 9.07. The number of pyridine rings is 1. The van der Waals surface area contributed by atoms with Crippen LogP contribution in [-0.4, -0.2) is 20.7 Å². The van der Waals surface area contributed by atoms with E-state index >= 15 is 0 Å². The van der Waals surface area contributed by atoms with Crippen molar-refractivity contribution >= 4 is 44.4 Å². The van der Waals surface area contributed by atoms with Crippen LogP contribution in [0.2, 0.25) is 0 Å². The number of carbonyl (C=O) groups is 1. The molecule has 138 valence electrons. The molecule has 0 aliphatic rings. The van der Waals surface area contributed by atoms with Crippen molar-refractivity contribution in [3.8, 4) is 0 Å². The Morgan fingerprint density at radius 3 is 2.93 bits per heavy atom. The van der Waals surface area contributed by atoms with Crippen molar-refractivity contribution in [3.05, 3.63) is 66.2 Å². The molecule has 0 saturated carbocycles. The molecule has 0 aliphatic heterocycles. The number of nitrogens with zero attached hydrogens (tertiary/aromatic N) is 3. The molecule has 3 aromatic heterocycles. The van der Waals surface area contributed by atoms with E-state index < -0.39 is 0 Å². The van der Waals surface area contributed by atoms with Crippen LogP contribution in [0.3, 0.4) is 0 Å². The number of amides is 1. The SMILES string of the molecule is Cc1nn(C)c2ncc(NC(=O)Cc3coc4ccc5ccccc5c34)cc12. The normalized spacial score (nSPS) is 11.5. The van der Waals surface area contributed by atoms with Gasteiger partial charge in [-0.3, -0.25) is 9.48 Å². The van der Waals surface area contributed by atoms with Crippen LogP contribution in [0, 0.1) is 6.92 Å². The summed E-state index contributed by atoms with van der Waals surface area (Å²) in [5.74, 6) is -0.113. The van der Waals surface area contributed by atoms with Crippen LogP contribution < -0.4 is 5.32 Å². The van der Waals surface area contributed by atoms with Gasteiger partial charge in [-0.25, -0.2) is 4.98 Å². The number of anilines is 1. The highest BCUT2D eigenvalue weighted by atomic mass is 16.3. The summed E-state index contributed by atoms with van der Waals surface area (Å²) in [4.78, 5) is 17.1. The van der Waals surface area contributed by atoms with Crippen molar-refractivity contribution in [1.29, 1.82) is 0 Å². The number of rotatable bonds is 3. The summed E-state index contributed by atoms with van der Waals surface area (Å²) in [6, 6.07) is 14.0. The summed E-state index contributed by atoms with van der Waals surface area (Å²) >= 11 is 0. The van der Waals surface area contributed by atoms with E-state index in [4.69, 9.17) is 4.42 Å². The van der Waals surface area contributed by atoms with Crippen LogP contribution in [0.5, 0.6) is 0 Å². The van der Waals surface area contributed by atoms with Gasteiger partial charge in [-0.15, -0.1) is 0 Å². The maximum Gasteiger partial charge on any atom is 0.228 e. The van der Waals surface area contributed by atoms with E-state index in [1.807, 2.05) is 44.3 Å². The number of hydrogen-bond donors (Lipinski definition) is 1. The van der Waals surface area contributed by atoms with Gasteiger partial charge in [0.05, 0.1) is 30.3 Å². The van der Waals surface area contributed by atoms with Crippen molar-refractivity contribution in [2.75, 3.05) is 5.32 Å². The summed E-state index contributed by atoms with van der Waals surface area (Å²) in [5.41, 5.74) is 3.99. The number of furan rings is 1. The lowest BCUT2D eigenvalue weighted by Gasteiger charge is -2.06. The fourth-order valence-electron chi connectivity index (χ4n) is 3.76. The molecule has 0 spiro atoms. The van der Waals surface area contributed by atoms with Gasteiger partial charge in [0.2, 0.25) is 5.91 Å². The summed E-state index contributed by atoms with van der Waals surface area (Å²) in [6.07, 6.45) is 3.55. The van der Waals surface area contributed by atoms with Crippen molar-refractivity contribution in [2.45, 2.75) is 13.3 Å². The predicted octanol–water partition coefficient (Wildman–Crippen LogP) is 4.36. The summed E-state index contributed by atoms with van der Waals surface area (Å²) < 4.78 is 7.42. The number of nitrogens with one attached hydrogen (secondary N) is 1. The lowest BCUT2D eigenvalue weighted by atomic mass is 10.0. The molecule has 0 atom stereocenters. The Morgan fingerprint density at radius 2 is 2.04 bits per heavy atom. The second kappa shape index (κ2) is 6.20. The standard InChI is InChI=1S/C22H18N4O2/c1-13-18-10-16(11-23-22(18)26(2)25-13)24-20(27)9-15-12-28-19-8-7-14-5-3-4-6-17(14)21(15)19/h3-8,10-12H,9H2,1-2H3,(H,24,27). The zero-order valence-corrected chi connectivity index (χ0v) is 15.6. The first-order valence-corrected chi connectivity index (χ1v) is 9.07. The van der Waals surface area contributed by atoms with Crippen LogP contribution in [-0.2, 0) is 18.3 Å². The Kier molecular flexibility index (Phi) is 3.65. The highest BCUT2D eigenvalue weighted by molar-refractivity contribution is 6.09. The van der Waals surface area contributed by atoms with E-state index in [1.165, 1.54) is 0 Å². The molecule has 3 heterocycles. The molecule has 5 aromatic rings. The maximum atomic E-state index is 12.7. The predicted molar refractivity (Wildman–Crippen MR) is 109 cm³/mol. The van der Waals surface area contributed by atoms with Gasteiger partial charge < -0.3 is 9.73 Å². The topological polar surface area (TPSA) is 73.0 Å². The Bertz CT molecular complexity index is 1360. The van der Waals surface area contributed by atoms with Gasteiger partial charge in [0.1, 0.15) is 5.58 Å². The Balaban J connectivity index is 1.46. The third-order valence-corrected chi connectivity index (χ3v) is 5.04. The molecule has 2 aromatic carbocycles. The molecule has 0 radical (unpaired) electrons. The Hall–Kier alpha value is -3.67. The molecular formula is C22H18N4O2. The second-order valence-electron chi connectivity index (χ2n) is 6.95. The molecule has 28 heavy (non-hydrogen) atoms. The molecule has 5 rings (SSSR count). The minimum Gasteiger partial charge on any atom is -0.464 e. The highest BCUT2D eigenvalue weighted by Crippen LogP contribution is 2.30. The lowest BCUT2D eigenvalue weighted by Crippen LogP contribution is -2.14. The number of benzene rings is 2. The van der Waals surface area contributed by atoms with Gasteiger partial charge in [0.15, 0.2) is 5.65 Å².